The fraction of sp³-hybridized carbons (Fsp3) is 0.600. The van der Waals surface area contributed by atoms with E-state index in [2.05, 4.69) is 0 Å². The Balaban J connectivity index is 3.43. The maximum absolute atomic E-state index is 13.2. The molecule has 1 unspecified atom stereocenters. The van der Waals surface area contributed by atoms with Gasteiger partial charge in [0.2, 0.25) is 11.7 Å². The van der Waals surface area contributed by atoms with Gasteiger partial charge in [0.25, 0.3) is 5.56 Å². The fourth-order valence-corrected chi connectivity index (χ4v) is 1.56. The Morgan fingerprint density at radius 3 is 2.53 bits per heavy atom. The van der Waals surface area contributed by atoms with E-state index in [1.165, 1.54) is 7.11 Å². The van der Waals surface area contributed by atoms with Crippen LogP contribution in [0.3, 0.4) is 0 Å². The lowest BCUT2D eigenvalue weighted by atomic mass is 10.1. The molecular weight excluding hydrogens is 231 g/mol. The van der Waals surface area contributed by atoms with Crippen molar-refractivity contribution in [3.05, 3.63) is 26.7 Å². The van der Waals surface area contributed by atoms with E-state index in [-0.39, 0.29) is 12.5 Å². The SMILES string of the molecule is COCC(C(C)C)n1c(O)c(F)c(=O)[nH]c1=O. The standard InChI is InChI=1S/C10H15FN2O4/c1-5(2)6(4-17-3)13-9(15)7(11)8(14)12-10(13)16/h5-6,15H,4H2,1-3H3,(H,12,14,16). The van der Waals surface area contributed by atoms with Crippen molar-refractivity contribution in [2.24, 2.45) is 5.92 Å². The Kier molecular flexibility index (Phi) is 4.06. The zero-order valence-electron chi connectivity index (χ0n) is 9.86. The fourth-order valence-electron chi connectivity index (χ4n) is 1.56. The minimum Gasteiger partial charge on any atom is -0.492 e. The van der Waals surface area contributed by atoms with Crippen LogP contribution in [-0.4, -0.2) is 28.4 Å². The number of aromatic hydroxyl groups is 1. The summed E-state index contributed by atoms with van der Waals surface area (Å²) in [6.07, 6.45) is 0. The van der Waals surface area contributed by atoms with Gasteiger partial charge in [-0.3, -0.25) is 14.3 Å². The third-order valence-corrected chi connectivity index (χ3v) is 2.50. The number of halogens is 1. The van der Waals surface area contributed by atoms with Gasteiger partial charge in [-0.05, 0) is 5.92 Å². The number of methoxy groups -OCH3 is 1. The largest absolute Gasteiger partial charge is 0.492 e. The molecule has 0 aliphatic heterocycles. The molecule has 0 fully saturated rings. The highest BCUT2D eigenvalue weighted by molar-refractivity contribution is 5.11. The molecular formula is C10H15FN2O4. The van der Waals surface area contributed by atoms with Crippen LogP contribution in [0.1, 0.15) is 19.9 Å². The Morgan fingerprint density at radius 2 is 2.06 bits per heavy atom. The Hall–Kier alpha value is -1.63. The van der Waals surface area contributed by atoms with E-state index >= 15 is 0 Å². The van der Waals surface area contributed by atoms with E-state index in [0.717, 1.165) is 4.57 Å². The van der Waals surface area contributed by atoms with Crippen LogP contribution in [-0.2, 0) is 4.74 Å². The van der Waals surface area contributed by atoms with Gasteiger partial charge < -0.3 is 9.84 Å². The summed E-state index contributed by atoms with van der Waals surface area (Å²) < 4.78 is 19.0. The molecule has 1 rings (SSSR count). The molecule has 2 N–H and O–H groups in total. The minimum atomic E-state index is -1.37. The van der Waals surface area contributed by atoms with Crippen LogP contribution < -0.4 is 11.2 Å². The predicted octanol–water partition coefficient (Wildman–Crippen LogP) is 0.225. The van der Waals surface area contributed by atoms with Crippen LogP contribution in [0, 0.1) is 11.7 Å². The lowest BCUT2D eigenvalue weighted by molar-refractivity contribution is 0.123. The molecule has 0 bridgehead atoms. The van der Waals surface area contributed by atoms with Crippen LogP contribution in [0.15, 0.2) is 9.59 Å². The number of rotatable bonds is 4. The van der Waals surface area contributed by atoms with Crippen molar-refractivity contribution in [1.29, 1.82) is 0 Å². The minimum absolute atomic E-state index is 0.0798. The average Bonchev–Trinajstić information content (AvgIpc) is 2.24. The Bertz CT molecular complexity index is 506. The number of nitrogens with one attached hydrogen (secondary N) is 1. The van der Waals surface area contributed by atoms with Gasteiger partial charge in [-0.1, -0.05) is 13.8 Å². The Labute approximate surface area is 96.7 Å². The quantitative estimate of drug-likeness (QED) is 0.796. The molecule has 1 atom stereocenters. The van der Waals surface area contributed by atoms with Crippen molar-refractivity contribution >= 4 is 0 Å². The van der Waals surface area contributed by atoms with Crippen molar-refractivity contribution < 1.29 is 14.2 Å². The number of nitrogens with zero attached hydrogens (tertiary/aromatic N) is 1. The Morgan fingerprint density at radius 1 is 1.47 bits per heavy atom. The van der Waals surface area contributed by atoms with Crippen molar-refractivity contribution in [3.8, 4) is 5.88 Å². The molecule has 1 aromatic rings. The van der Waals surface area contributed by atoms with Gasteiger partial charge in [0.1, 0.15) is 0 Å². The number of H-pyrrole nitrogens is 1. The predicted molar refractivity (Wildman–Crippen MR) is 58.7 cm³/mol. The average molecular weight is 246 g/mol. The first-order valence-corrected chi connectivity index (χ1v) is 5.12. The molecule has 0 amide bonds. The molecule has 1 heterocycles. The van der Waals surface area contributed by atoms with Crippen molar-refractivity contribution in [3.63, 3.8) is 0 Å². The first-order valence-electron chi connectivity index (χ1n) is 5.12. The summed E-state index contributed by atoms with van der Waals surface area (Å²) in [5.74, 6) is -2.41. The zero-order valence-corrected chi connectivity index (χ0v) is 9.86. The monoisotopic (exact) mass is 246 g/mol. The molecule has 0 aliphatic rings. The highest BCUT2D eigenvalue weighted by Crippen LogP contribution is 2.21. The number of aromatic amines is 1. The zero-order chi connectivity index (χ0) is 13.2. The maximum atomic E-state index is 13.2. The van der Waals surface area contributed by atoms with E-state index < -0.39 is 29.0 Å². The molecule has 0 saturated carbocycles. The summed E-state index contributed by atoms with van der Waals surface area (Å²) in [5.41, 5.74) is -2.09. The molecule has 0 aliphatic carbocycles. The number of hydrogen-bond donors (Lipinski definition) is 2. The molecule has 0 saturated heterocycles. The summed E-state index contributed by atoms with van der Waals surface area (Å²) in [5, 5.41) is 9.52. The van der Waals surface area contributed by atoms with Crippen molar-refractivity contribution in [2.75, 3.05) is 13.7 Å². The lowest BCUT2D eigenvalue weighted by Crippen LogP contribution is -2.37. The second-order valence-electron chi connectivity index (χ2n) is 4.03. The first-order chi connectivity index (χ1) is 7.90. The molecule has 0 aromatic carbocycles. The molecule has 1 aromatic heterocycles. The smallest absolute Gasteiger partial charge is 0.331 e. The number of hydrogen-bond acceptors (Lipinski definition) is 4. The first kappa shape index (κ1) is 13.4. The summed E-state index contributed by atoms with van der Waals surface area (Å²) in [6.45, 7) is 3.70. The van der Waals surface area contributed by atoms with Gasteiger partial charge in [-0.2, -0.15) is 4.39 Å². The van der Waals surface area contributed by atoms with Crippen molar-refractivity contribution in [1.82, 2.24) is 9.55 Å². The van der Waals surface area contributed by atoms with Crippen LogP contribution in [0.25, 0.3) is 0 Å². The number of ether oxygens (including phenoxy) is 1. The highest BCUT2D eigenvalue weighted by Gasteiger charge is 2.23. The van der Waals surface area contributed by atoms with Crippen LogP contribution in [0.2, 0.25) is 0 Å². The summed E-state index contributed by atoms with van der Waals surface area (Å²) in [6, 6.07) is -0.557. The molecule has 96 valence electrons. The van der Waals surface area contributed by atoms with E-state index in [4.69, 9.17) is 4.74 Å². The van der Waals surface area contributed by atoms with E-state index in [9.17, 15) is 19.1 Å². The van der Waals surface area contributed by atoms with Gasteiger partial charge in [0.15, 0.2) is 0 Å². The third-order valence-electron chi connectivity index (χ3n) is 2.50. The topological polar surface area (TPSA) is 84.3 Å². The molecule has 7 heteroatoms. The van der Waals surface area contributed by atoms with Crippen LogP contribution in [0.4, 0.5) is 4.39 Å². The van der Waals surface area contributed by atoms with E-state index in [1.807, 2.05) is 0 Å². The molecule has 17 heavy (non-hydrogen) atoms. The number of aromatic nitrogens is 2. The van der Waals surface area contributed by atoms with Gasteiger partial charge in [-0.25, -0.2) is 4.79 Å². The summed E-state index contributed by atoms with van der Waals surface area (Å²) >= 11 is 0. The highest BCUT2D eigenvalue weighted by atomic mass is 19.1. The van der Waals surface area contributed by atoms with E-state index in [1.54, 1.807) is 18.8 Å². The van der Waals surface area contributed by atoms with Crippen LogP contribution >= 0.6 is 0 Å². The molecule has 0 radical (unpaired) electrons. The van der Waals surface area contributed by atoms with E-state index in [0.29, 0.717) is 0 Å². The normalized spacial score (nSPS) is 13.0. The second-order valence-corrected chi connectivity index (χ2v) is 4.03. The van der Waals surface area contributed by atoms with Gasteiger partial charge in [-0.15, -0.1) is 0 Å². The van der Waals surface area contributed by atoms with Gasteiger partial charge in [0.05, 0.1) is 12.6 Å². The van der Waals surface area contributed by atoms with Gasteiger partial charge in [0, 0.05) is 7.11 Å². The summed E-state index contributed by atoms with van der Waals surface area (Å²) in [7, 11) is 1.43. The van der Waals surface area contributed by atoms with Crippen LogP contribution in [0.5, 0.6) is 5.88 Å². The maximum Gasteiger partial charge on any atom is 0.331 e. The second kappa shape index (κ2) is 5.13. The molecule has 0 spiro atoms. The summed E-state index contributed by atoms with van der Waals surface area (Å²) in [4.78, 5) is 24.3. The lowest BCUT2D eigenvalue weighted by Gasteiger charge is -2.23. The molecule has 6 nitrogen and oxygen atoms in total. The van der Waals surface area contributed by atoms with Gasteiger partial charge >= 0.3 is 5.69 Å². The van der Waals surface area contributed by atoms with Crippen molar-refractivity contribution in [2.45, 2.75) is 19.9 Å². The third kappa shape index (κ3) is 2.55.